The van der Waals surface area contributed by atoms with E-state index in [1.165, 1.54) is 37.0 Å². The summed E-state index contributed by atoms with van der Waals surface area (Å²) < 4.78 is 0. The molecule has 1 N–H and O–H groups in total. The van der Waals surface area contributed by atoms with Crippen molar-refractivity contribution in [1.29, 1.82) is 0 Å². The quantitative estimate of drug-likeness (QED) is 0.826. The van der Waals surface area contributed by atoms with Crippen LogP contribution in [-0.4, -0.2) is 24.0 Å². The molecule has 1 saturated carbocycles. The molecule has 1 aliphatic rings. The summed E-state index contributed by atoms with van der Waals surface area (Å²) in [6, 6.07) is 7.75. The van der Waals surface area contributed by atoms with Gasteiger partial charge < -0.3 is 5.11 Å². The Hall–Kier alpha value is -1.16. The molecule has 1 aromatic rings. The highest BCUT2D eigenvalue weighted by Gasteiger charge is 2.16. The van der Waals surface area contributed by atoms with E-state index in [1.807, 2.05) is 24.3 Å². The van der Waals surface area contributed by atoms with Crippen molar-refractivity contribution in [2.45, 2.75) is 37.0 Å². The van der Waals surface area contributed by atoms with Gasteiger partial charge in [-0.15, -0.1) is 11.8 Å². The van der Waals surface area contributed by atoms with Crippen LogP contribution in [0, 0.1) is 5.92 Å². The Labute approximate surface area is 119 Å². The molecule has 0 atom stereocenters. The molecular formula is C15H21NO2S. The highest BCUT2D eigenvalue weighted by Crippen LogP contribution is 2.34. The largest absolute Gasteiger partial charge is 0.465 e. The number of hydrogen-bond donors (Lipinski definition) is 1. The minimum absolute atomic E-state index is 0.788. The first-order chi connectivity index (χ1) is 9.18. The lowest BCUT2D eigenvalue weighted by Gasteiger charge is -2.22. The summed E-state index contributed by atoms with van der Waals surface area (Å²) in [5.74, 6) is 1.90. The topological polar surface area (TPSA) is 40.5 Å². The molecule has 1 aliphatic carbocycles. The number of hydrogen-bond acceptors (Lipinski definition) is 2. The van der Waals surface area contributed by atoms with E-state index in [2.05, 4.69) is 0 Å². The molecule has 1 fully saturated rings. The van der Waals surface area contributed by atoms with Crippen molar-refractivity contribution < 1.29 is 9.90 Å². The third-order valence-corrected chi connectivity index (χ3v) is 5.01. The first-order valence-electron chi connectivity index (χ1n) is 6.87. The normalized spacial score (nSPS) is 16.3. The van der Waals surface area contributed by atoms with Gasteiger partial charge >= 0.3 is 6.09 Å². The molecule has 0 saturated heterocycles. The van der Waals surface area contributed by atoms with Crippen LogP contribution in [0.3, 0.4) is 0 Å². The van der Waals surface area contributed by atoms with E-state index >= 15 is 0 Å². The van der Waals surface area contributed by atoms with Crippen LogP contribution in [0.15, 0.2) is 29.2 Å². The SMILES string of the molecule is CN(C(=O)O)c1ccccc1SCC1CCCCC1. The van der Waals surface area contributed by atoms with Crippen molar-refractivity contribution in [3.8, 4) is 0 Å². The monoisotopic (exact) mass is 279 g/mol. The molecule has 3 nitrogen and oxygen atoms in total. The minimum atomic E-state index is -0.911. The second kappa shape index (κ2) is 6.85. The first-order valence-corrected chi connectivity index (χ1v) is 7.85. The van der Waals surface area contributed by atoms with Crippen LogP contribution in [0.5, 0.6) is 0 Å². The number of para-hydroxylation sites is 1. The fourth-order valence-electron chi connectivity index (χ4n) is 2.52. The highest BCUT2D eigenvalue weighted by atomic mass is 32.2. The van der Waals surface area contributed by atoms with Gasteiger partial charge in [0.05, 0.1) is 5.69 Å². The van der Waals surface area contributed by atoms with Gasteiger partial charge in [-0.3, -0.25) is 4.90 Å². The van der Waals surface area contributed by atoms with Gasteiger partial charge in [0.25, 0.3) is 0 Å². The molecule has 0 bridgehead atoms. The van der Waals surface area contributed by atoms with Crippen LogP contribution < -0.4 is 4.90 Å². The van der Waals surface area contributed by atoms with Gasteiger partial charge in [0, 0.05) is 17.7 Å². The van der Waals surface area contributed by atoms with Gasteiger partial charge in [0.15, 0.2) is 0 Å². The summed E-state index contributed by atoms with van der Waals surface area (Å²) in [6.45, 7) is 0. The molecule has 1 amide bonds. The van der Waals surface area contributed by atoms with Crippen LogP contribution >= 0.6 is 11.8 Å². The summed E-state index contributed by atoms with van der Waals surface area (Å²) in [6.07, 6.45) is 5.81. The number of carbonyl (C=O) groups is 1. The summed E-state index contributed by atoms with van der Waals surface area (Å²) in [5.41, 5.74) is 0.788. The smallest absolute Gasteiger partial charge is 0.411 e. The van der Waals surface area contributed by atoms with Crippen molar-refractivity contribution in [2.75, 3.05) is 17.7 Å². The maximum atomic E-state index is 11.1. The molecule has 19 heavy (non-hydrogen) atoms. The fourth-order valence-corrected chi connectivity index (χ4v) is 3.80. The lowest BCUT2D eigenvalue weighted by molar-refractivity contribution is 0.203. The van der Waals surface area contributed by atoms with Crippen molar-refractivity contribution in [2.24, 2.45) is 5.92 Å². The van der Waals surface area contributed by atoms with E-state index in [4.69, 9.17) is 5.11 Å². The predicted octanol–water partition coefficient (Wildman–Crippen LogP) is 4.47. The Morgan fingerprint density at radius 2 is 2.00 bits per heavy atom. The lowest BCUT2D eigenvalue weighted by atomic mass is 9.91. The Morgan fingerprint density at radius 1 is 1.32 bits per heavy atom. The average molecular weight is 279 g/mol. The molecular weight excluding hydrogens is 258 g/mol. The van der Waals surface area contributed by atoms with Gasteiger partial charge in [-0.2, -0.15) is 0 Å². The Kier molecular flexibility index (Phi) is 5.14. The zero-order valence-corrected chi connectivity index (χ0v) is 12.2. The summed E-state index contributed by atoms with van der Waals surface area (Å²) in [5, 5.41) is 9.09. The maximum absolute atomic E-state index is 11.1. The zero-order valence-electron chi connectivity index (χ0n) is 11.3. The fraction of sp³-hybridized carbons (Fsp3) is 0.533. The number of amides is 1. The highest BCUT2D eigenvalue weighted by molar-refractivity contribution is 7.99. The predicted molar refractivity (Wildman–Crippen MR) is 80.2 cm³/mol. The summed E-state index contributed by atoms with van der Waals surface area (Å²) >= 11 is 1.79. The molecule has 2 rings (SSSR count). The van der Waals surface area contributed by atoms with Crippen LogP contribution in [0.1, 0.15) is 32.1 Å². The van der Waals surface area contributed by atoms with E-state index in [1.54, 1.807) is 18.8 Å². The zero-order chi connectivity index (χ0) is 13.7. The van der Waals surface area contributed by atoms with E-state index in [9.17, 15) is 4.79 Å². The molecule has 104 valence electrons. The van der Waals surface area contributed by atoms with Crippen LogP contribution in [0.25, 0.3) is 0 Å². The molecule has 0 unspecified atom stereocenters. The number of carboxylic acid groups (broad SMARTS) is 1. The van der Waals surface area contributed by atoms with Crippen molar-refractivity contribution in [1.82, 2.24) is 0 Å². The van der Waals surface area contributed by atoms with Gasteiger partial charge in [-0.25, -0.2) is 4.79 Å². The second-order valence-corrected chi connectivity index (χ2v) is 6.19. The standard InChI is InChI=1S/C15H21NO2S/c1-16(15(17)18)13-9-5-6-10-14(13)19-11-12-7-3-2-4-8-12/h5-6,9-10,12H,2-4,7-8,11H2,1H3,(H,17,18). The number of benzene rings is 1. The van der Waals surface area contributed by atoms with Crippen LogP contribution in [0.4, 0.5) is 10.5 Å². The number of nitrogens with zero attached hydrogens (tertiary/aromatic N) is 1. The Bertz CT molecular complexity index is 430. The van der Waals surface area contributed by atoms with Crippen molar-refractivity contribution in [3.63, 3.8) is 0 Å². The van der Waals surface area contributed by atoms with Crippen LogP contribution in [0.2, 0.25) is 0 Å². The van der Waals surface area contributed by atoms with Crippen LogP contribution in [-0.2, 0) is 0 Å². The number of anilines is 1. The Balaban J connectivity index is 2.01. The summed E-state index contributed by atoms with van der Waals surface area (Å²) in [7, 11) is 1.60. The van der Waals surface area contributed by atoms with Gasteiger partial charge in [0.2, 0.25) is 0 Å². The third-order valence-electron chi connectivity index (χ3n) is 3.71. The molecule has 4 heteroatoms. The van der Waals surface area contributed by atoms with E-state index in [0.717, 1.165) is 22.3 Å². The average Bonchev–Trinajstić information content (AvgIpc) is 2.45. The van der Waals surface area contributed by atoms with Gasteiger partial charge in [0.1, 0.15) is 0 Å². The number of thioether (sulfide) groups is 1. The van der Waals surface area contributed by atoms with Gasteiger partial charge in [-0.1, -0.05) is 31.4 Å². The minimum Gasteiger partial charge on any atom is -0.465 e. The van der Waals surface area contributed by atoms with Crippen molar-refractivity contribution in [3.05, 3.63) is 24.3 Å². The first kappa shape index (κ1) is 14.3. The van der Waals surface area contributed by atoms with E-state index in [-0.39, 0.29) is 0 Å². The maximum Gasteiger partial charge on any atom is 0.411 e. The third kappa shape index (κ3) is 3.90. The molecule has 0 heterocycles. The van der Waals surface area contributed by atoms with E-state index < -0.39 is 6.09 Å². The summed E-state index contributed by atoms with van der Waals surface area (Å²) in [4.78, 5) is 13.4. The van der Waals surface area contributed by atoms with Crippen molar-refractivity contribution >= 4 is 23.5 Å². The molecule has 0 spiro atoms. The molecule has 0 aromatic heterocycles. The van der Waals surface area contributed by atoms with E-state index in [0.29, 0.717) is 0 Å². The molecule has 0 radical (unpaired) electrons. The molecule has 1 aromatic carbocycles. The Morgan fingerprint density at radius 3 is 2.68 bits per heavy atom. The second-order valence-electron chi connectivity index (χ2n) is 5.12. The molecule has 0 aliphatic heterocycles. The number of rotatable bonds is 4. The lowest BCUT2D eigenvalue weighted by Crippen LogP contribution is -2.24. The van der Waals surface area contributed by atoms with Gasteiger partial charge in [-0.05, 0) is 30.9 Å².